The number of rotatable bonds is 7. The van der Waals surface area contributed by atoms with E-state index in [0.29, 0.717) is 55.2 Å². The molecule has 0 aliphatic carbocycles. The van der Waals surface area contributed by atoms with Crippen LogP contribution >= 0.6 is 11.6 Å². The van der Waals surface area contributed by atoms with Gasteiger partial charge in [0, 0.05) is 54.8 Å². The van der Waals surface area contributed by atoms with Gasteiger partial charge in [0.25, 0.3) is 0 Å². The highest BCUT2D eigenvalue weighted by Gasteiger charge is 2.42. The zero-order valence-electron chi connectivity index (χ0n) is 25.1. The van der Waals surface area contributed by atoms with E-state index >= 15 is 8.78 Å². The van der Waals surface area contributed by atoms with Gasteiger partial charge in [-0.1, -0.05) is 35.9 Å². The first-order chi connectivity index (χ1) is 21.7. The summed E-state index contributed by atoms with van der Waals surface area (Å²) in [5, 5.41) is 16.3. The number of phenols is 1. The van der Waals surface area contributed by atoms with Crippen molar-refractivity contribution in [1.82, 2.24) is 20.2 Å². The lowest BCUT2D eigenvalue weighted by Gasteiger charge is -2.38. The Morgan fingerprint density at radius 2 is 1.78 bits per heavy atom. The maximum atomic E-state index is 16.8. The quantitative estimate of drug-likeness (QED) is 0.261. The van der Waals surface area contributed by atoms with Crippen LogP contribution in [0.5, 0.6) is 11.8 Å². The van der Waals surface area contributed by atoms with E-state index in [9.17, 15) is 5.11 Å². The highest BCUT2D eigenvalue weighted by molar-refractivity contribution is 6.35. The SMILES string of the molecule is CC(F)(COc1nc(N2CC3CCC(C2)N3)c2cc(Cl)c(-c3cc(O)cc4ccccc34)c(F)c2n1)CN1C2CCC1COC2. The Labute approximate surface area is 265 Å². The third kappa shape index (κ3) is 5.35. The normalized spacial score (nSPS) is 26.1. The molecule has 0 spiro atoms. The lowest BCUT2D eigenvalue weighted by molar-refractivity contribution is -0.0458. The van der Waals surface area contributed by atoms with Crippen LogP contribution in [0.1, 0.15) is 32.6 Å². The highest BCUT2D eigenvalue weighted by atomic mass is 35.5. The van der Waals surface area contributed by atoms with Crippen LogP contribution in [-0.4, -0.2) is 89.3 Å². The predicted molar refractivity (Wildman–Crippen MR) is 171 cm³/mol. The zero-order chi connectivity index (χ0) is 30.9. The summed E-state index contributed by atoms with van der Waals surface area (Å²) in [6.45, 7) is 4.10. The summed E-state index contributed by atoms with van der Waals surface area (Å²) >= 11 is 6.86. The van der Waals surface area contributed by atoms with Crippen molar-refractivity contribution in [3.05, 3.63) is 53.3 Å². The van der Waals surface area contributed by atoms with Crippen molar-refractivity contribution in [2.45, 2.75) is 62.4 Å². The second-order valence-corrected chi connectivity index (χ2v) is 13.7. The Hall–Kier alpha value is -3.31. The molecule has 1 aromatic heterocycles. The molecule has 4 aromatic rings. The maximum Gasteiger partial charge on any atom is 0.319 e. The molecule has 8 rings (SSSR count). The first kappa shape index (κ1) is 29.1. The average Bonchev–Trinajstić information content (AvgIpc) is 3.44. The van der Waals surface area contributed by atoms with Gasteiger partial charge >= 0.3 is 6.01 Å². The second kappa shape index (κ2) is 11.2. The van der Waals surface area contributed by atoms with Crippen LogP contribution < -0.4 is 15.0 Å². The van der Waals surface area contributed by atoms with E-state index in [0.717, 1.165) is 36.5 Å². The van der Waals surface area contributed by atoms with E-state index in [1.807, 2.05) is 24.3 Å². The lowest BCUT2D eigenvalue weighted by Crippen LogP contribution is -2.52. The largest absolute Gasteiger partial charge is 0.508 e. The molecule has 5 unspecified atom stereocenters. The summed E-state index contributed by atoms with van der Waals surface area (Å²) in [6.07, 6.45) is 4.12. The van der Waals surface area contributed by atoms with Crippen molar-refractivity contribution >= 4 is 39.1 Å². The summed E-state index contributed by atoms with van der Waals surface area (Å²) < 4.78 is 44.5. The zero-order valence-corrected chi connectivity index (χ0v) is 25.9. The maximum absolute atomic E-state index is 16.8. The number of aromatic hydroxyl groups is 1. The molecule has 4 bridgehead atoms. The summed E-state index contributed by atoms with van der Waals surface area (Å²) in [5.74, 6) is -0.125. The van der Waals surface area contributed by atoms with Gasteiger partial charge in [-0.15, -0.1) is 0 Å². The summed E-state index contributed by atoms with van der Waals surface area (Å²) in [6, 6.07) is 13.2. The number of nitrogens with zero attached hydrogens (tertiary/aromatic N) is 4. The minimum atomic E-state index is -1.69. The number of fused-ring (bicyclic) bond motifs is 6. The van der Waals surface area contributed by atoms with E-state index in [1.54, 1.807) is 12.1 Å². The molecule has 5 atom stereocenters. The van der Waals surface area contributed by atoms with Crippen LogP contribution in [-0.2, 0) is 4.74 Å². The van der Waals surface area contributed by atoms with Crippen molar-refractivity contribution in [2.75, 3.05) is 44.4 Å². The van der Waals surface area contributed by atoms with Gasteiger partial charge < -0.3 is 24.8 Å². The molecule has 4 aliphatic heterocycles. The molecule has 5 heterocycles. The standard InChI is InChI=1S/C34H36ClF2N5O3/c1-34(37,17-42-22-8-9-23(42)16-44-15-22)18-45-33-39-31-27(32(40-33)41-13-20-6-7-21(14-41)38-20)12-28(35)29(30(31)36)26-11-24(43)10-19-4-2-3-5-25(19)26/h2-5,10-12,20-23,38,43H,6-9,13-18H2,1H3. The van der Waals surface area contributed by atoms with Gasteiger partial charge in [-0.2, -0.15) is 9.97 Å². The van der Waals surface area contributed by atoms with E-state index < -0.39 is 11.5 Å². The topological polar surface area (TPSA) is 83.0 Å². The van der Waals surface area contributed by atoms with E-state index in [-0.39, 0.29) is 53.1 Å². The number of aromatic nitrogens is 2. The number of hydrogen-bond acceptors (Lipinski definition) is 8. The Morgan fingerprint density at radius 1 is 1.04 bits per heavy atom. The van der Waals surface area contributed by atoms with Crippen molar-refractivity contribution < 1.29 is 23.4 Å². The predicted octanol–water partition coefficient (Wildman–Crippen LogP) is 5.86. The van der Waals surface area contributed by atoms with E-state index in [1.165, 1.54) is 13.0 Å². The molecule has 4 saturated heterocycles. The number of nitrogens with one attached hydrogen (secondary N) is 1. The third-order valence-corrected chi connectivity index (χ3v) is 10.2. The number of morpholine rings is 1. The molecule has 236 valence electrons. The van der Waals surface area contributed by atoms with Gasteiger partial charge in [-0.05, 0) is 67.1 Å². The van der Waals surface area contributed by atoms with Gasteiger partial charge in [0.2, 0.25) is 0 Å². The fourth-order valence-electron chi connectivity index (χ4n) is 7.80. The average molecular weight is 636 g/mol. The van der Waals surface area contributed by atoms with Crippen LogP contribution in [0.3, 0.4) is 0 Å². The Morgan fingerprint density at radius 3 is 2.53 bits per heavy atom. The van der Waals surface area contributed by atoms with E-state index in [4.69, 9.17) is 26.1 Å². The van der Waals surface area contributed by atoms with Crippen LogP contribution in [0, 0.1) is 5.82 Å². The fraction of sp³-hybridized carbons (Fsp3) is 0.471. The molecule has 45 heavy (non-hydrogen) atoms. The summed E-state index contributed by atoms with van der Waals surface area (Å²) in [7, 11) is 0. The van der Waals surface area contributed by atoms with Gasteiger partial charge in [0.1, 0.15) is 23.7 Å². The van der Waals surface area contributed by atoms with Gasteiger partial charge in [-0.25, -0.2) is 8.78 Å². The minimum absolute atomic E-state index is 0.00103. The molecule has 0 saturated carbocycles. The first-order valence-corrected chi connectivity index (χ1v) is 16.2. The van der Waals surface area contributed by atoms with Gasteiger partial charge in [0.15, 0.2) is 11.5 Å². The highest BCUT2D eigenvalue weighted by Crippen LogP contribution is 2.43. The molecule has 11 heteroatoms. The molecule has 3 aromatic carbocycles. The van der Waals surface area contributed by atoms with Crippen LogP contribution in [0.15, 0.2) is 42.5 Å². The lowest BCUT2D eigenvalue weighted by atomic mass is 9.96. The van der Waals surface area contributed by atoms with Crippen LogP contribution in [0.2, 0.25) is 5.02 Å². The van der Waals surface area contributed by atoms with Crippen molar-refractivity contribution in [2.24, 2.45) is 0 Å². The third-order valence-electron chi connectivity index (χ3n) is 9.88. The number of halogens is 3. The Kier molecular flexibility index (Phi) is 7.24. The van der Waals surface area contributed by atoms with Crippen molar-refractivity contribution in [3.8, 4) is 22.9 Å². The number of benzene rings is 3. The van der Waals surface area contributed by atoms with Crippen LogP contribution in [0.25, 0.3) is 32.8 Å². The molecule has 4 fully saturated rings. The number of alkyl halides is 1. The Balaban J connectivity index is 1.20. The number of anilines is 1. The van der Waals surface area contributed by atoms with Crippen molar-refractivity contribution in [1.29, 1.82) is 0 Å². The molecule has 0 amide bonds. The number of phenolic OH excluding ortho intramolecular Hbond substituents is 1. The number of hydrogen-bond donors (Lipinski definition) is 2. The van der Waals surface area contributed by atoms with Crippen molar-refractivity contribution in [3.63, 3.8) is 0 Å². The van der Waals surface area contributed by atoms with Crippen LogP contribution in [0.4, 0.5) is 14.6 Å². The molecular formula is C34H36ClF2N5O3. The minimum Gasteiger partial charge on any atom is -0.508 e. The summed E-state index contributed by atoms with van der Waals surface area (Å²) in [4.78, 5) is 13.6. The van der Waals surface area contributed by atoms with Gasteiger partial charge in [0.05, 0.1) is 18.2 Å². The van der Waals surface area contributed by atoms with E-state index in [2.05, 4.69) is 20.1 Å². The summed E-state index contributed by atoms with van der Waals surface area (Å²) in [5.41, 5.74) is -1.06. The van der Waals surface area contributed by atoms with Gasteiger partial charge in [-0.3, -0.25) is 4.90 Å². The molecule has 8 nitrogen and oxygen atoms in total. The Bertz CT molecular complexity index is 1760. The molecule has 2 N–H and O–H groups in total. The number of ether oxygens (including phenoxy) is 2. The second-order valence-electron chi connectivity index (χ2n) is 13.3. The number of piperazine rings is 1. The smallest absolute Gasteiger partial charge is 0.319 e. The monoisotopic (exact) mass is 635 g/mol. The first-order valence-electron chi connectivity index (χ1n) is 15.8. The fourth-order valence-corrected chi connectivity index (χ4v) is 8.09. The molecule has 4 aliphatic rings. The molecule has 0 radical (unpaired) electrons. The molecular weight excluding hydrogens is 600 g/mol.